The van der Waals surface area contributed by atoms with E-state index in [2.05, 4.69) is 0 Å². The summed E-state index contributed by atoms with van der Waals surface area (Å²) >= 11 is 18.2. The first-order chi connectivity index (χ1) is 11.9. The van der Waals surface area contributed by atoms with E-state index in [9.17, 15) is 10.1 Å². The number of allylic oxidation sites excluding steroid dienone is 1. The molecule has 0 N–H and O–H groups in total. The maximum atomic E-state index is 12.6. The maximum absolute atomic E-state index is 12.6. The number of nitrogens with zero attached hydrogens (tertiary/aromatic N) is 1. The first-order valence-electron chi connectivity index (χ1n) is 6.95. The van der Waals surface area contributed by atoms with Crippen LogP contribution in [0.15, 0.2) is 35.9 Å². The third-order valence-electron chi connectivity index (χ3n) is 3.32. The molecule has 128 valence electrons. The van der Waals surface area contributed by atoms with Crippen molar-refractivity contribution in [3.05, 3.63) is 62.1 Å². The van der Waals surface area contributed by atoms with E-state index in [0.717, 1.165) is 0 Å². The summed E-state index contributed by atoms with van der Waals surface area (Å²) in [5.74, 6) is 0.158. The molecule has 0 amide bonds. The normalized spacial score (nSPS) is 11.0. The summed E-state index contributed by atoms with van der Waals surface area (Å²) in [6, 6.07) is 9.70. The smallest absolute Gasteiger partial charge is 0.206 e. The summed E-state index contributed by atoms with van der Waals surface area (Å²) in [4.78, 5) is 12.6. The first kappa shape index (κ1) is 19.1. The fourth-order valence-electron chi connectivity index (χ4n) is 2.19. The Kier molecular flexibility index (Phi) is 6.33. The third-order valence-corrected chi connectivity index (χ3v) is 4.23. The van der Waals surface area contributed by atoms with E-state index < -0.39 is 5.78 Å². The quantitative estimate of drug-likeness (QED) is 0.383. The van der Waals surface area contributed by atoms with Gasteiger partial charge in [-0.2, -0.15) is 5.26 Å². The molecule has 0 fully saturated rings. The van der Waals surface area contributed by atoms with E-state index in [-0.39, 0.29) is 26.2 Å². The number of nitriles is 1. The average Bonchev–Trinajstić information content (AvgIpc) is 2.58. The van der Waals surface area contributed by atoms with E-state index >= 15 is 0 Å². The number of carbonyl (C=O) groups excluding carboxylic acids is 1. The number of benzene rings is 2. The van der Waals surface area contributed by atoms with Gasteiger partial charge in [-0.25, -0.2) is 0 Å². The van der Waals surface area contributed by atoms with E-state index in [1.807, 2.05) is 6.07 Å². The molecular formula is C18H12Cl3NO3. The molecule has 0 saturated heterocycles. The highest BCUT2D eigenvalue weighted by atomic mass is 35.5. The molecule has 0 heterocycles. The molecular weight excluding hydrogens is 385 g/mol. The summed E-state index contributed by atoms with van der Waals surface area (Å²) in [6.07, 6.45) is 1.38. The number of halogens is 3. The number of Topliss-reactive ketones (excluding diaryl/α,β-unsaturated/α-hetero) is 1. The van der Waals surface area contributed by atoms with Gasteiger partial charge in [0.2, 0.25) is 5.78 Å². The van der Waals surface area contributed by atoms with Gasteiger partial charge in [0.05, 0.1) is 34.9 Å². The topological polar surface area (TPSA) is 59.3 Å². The molecule has 0 aromatic heterocycles. The van der Waals surface area contributed by atoms with Crippen molar-refractivity contribution in [2.45, 2.75) is 0 Å². The number of rotatable bonds is 5. The molecule has 2 aromatic carbocycles. The third kappa shape index (κ3) is 4.08. The highest BCUT2D eigenvalue weighted by Crippen LogP contribution is 2.37. The Morgan fingerprint density at radius 1 is 1.08 bits per heavy atom. The SMILES string of the molecule is COc1cc(/C=C(\C#N)C(=O)c2c(Cl)cccc2Cl)cc(Cl)c1OC. The molecule has 0 aliphatic rings. The molecule has 4 nitrogen and oxygen atoms in total. The summed E-state index contributed by atoms with van der Waals surface area (Å²) < 4.78 is 10.4. The van der Waals surface area contributed by atoms with Crippen LogP contribution in [0.3, 0.4) is 0 Å². The molecule has 2 rings (SSSR count). The molecule has 0 aliphatic heterocycles. The Labute approximate surface area is 160 Å². The first-order valence-corrected chi connectivity index (χ1v) is 8.08. The largest absolute Gasteiger partial charge is 0.493 e. The number of hydrogen-bond donors (Lipinski definition) is 0. The summed E-state index contributed by atoms with van der Waals surface area (Å²) in [6.45, 7) is 0. The van der Waals surface area contributed by atoms with Crippen molar-refractivity contribution in [2.75, 3.05) is 14.2 Å². The number of ketones is 1. The van der Waals surface area contributed by atoms with Crippen LogP contribution in [0.25, 0.3) is 6.08 Å². The molecule has 0 spiro atoms. The van der Waals surface area contributed by atoms with E-state index in [1.165, 1.54) is 32.4 Å². The van der Waals surface area contributed by atoms with Crippen LogP contribution in [0, 0.1) is 11.3 Å². The van der Waals surface area contributed by atoms with Crippen LogP contribution in [-0.4, -0.2) is 20.0 Å². The maximum Gasteiger partial charge on any atom is 0.206 e. The lowest BCUT2D eigenvalue weighted by Gasteiger charge is -2.10. The second-order valence-electron chi connectivity index (χ2n) is 4.83. The van der Waals surface area contributed by atoms with Crippen LogP contribution in [0.4, 0.5) is 0 Å². The highest BCUT2D eigenvalue weighted by Gasteiger charge is 2.19. The predicted octanol–water partition coefficient (Wildman–Crippen LogP) is 5.45. The van der Waals surface area contributed by atoms with Crippen LogP contribution < -0.4 is 9.47 Å². The molecule has 25 heavy (non-hydrogen) atoms. The molecule has 7 heteroatoms. The van der Waals surface area contributed by atoms with Crippen LogP contribution in [0.1, 0.15) is 15.9 Å². The zero-order valence-corrected chi connectivity index (χ0v) is 15.5. The Hall–Kier alpha value is -2.19. The lowest BCUT2D eigenvalue weighted by Crippen LogP contribution is -2.04. The number of carbonyl (C=O) groups is 1. The minimum atomic E-state index is -0.580. The lowest BCUT2D eigenvalue weighted by molar-refractivity contribution is 0.104. The van der Waals surface area contributed by atoms with Crippen molar-refractivity contribution in [1.29, 1.82) is 5.26 Å². The molecule has 0 saturated carbocycles. The van der Waals surface area contributed by atoms with Crippen LogP contribution in [0.2, 0.25) is 15.1 Å². The Morgan fingerprint density at radius 2 is 1.72 bits per heavy atom. The van der Waals surface area contributed by atoms with Gasteiger partial charge in [0, 0.05) is 0 Å². The van der Waals surface area contributed by atoms with Crippen molar-refractivity contribution in [2.24, 2.45) is 0 Å². The zero-order valence-electron chi connectivity index (χ0n) is 13.3. The van der Waals surface area contributed by atoms with Crippen LogP contribution in [0.5, 0.6) is 11.5 Å². The van der Waals surface area contributed by atoms with Crippen molar-refractivity contribution >= 4 is 46.7 Å². The molecule has 0 unspecified atom stereocenters. The minimum Gasteiger partial charge on any atom is -0.493 e. The number of ether oxygens (including phenoxy) is 2. The van der Waals surface area contributed by atoms with Gasteiger partial charge in [-0.3, -0.25) is 4.79 Å². The molecule has 0 atom stereocenters. The molecule has 0 radical (unpaired) electrons. The van der Waals surface area contributed by atoms with Crippen molar-refractivity contribution in [3.63, 3.8) is 0 Å². The lowest BCUT2D eigenvalue weighted by atomic mass is 10.0. The van der Waals surface area contributed by atoms with Gasteiger partial charge in [0.25, 0.3) is 0 Å². The van der Waals surface area contributed by atoms with Crippen LogP contribution >= 0.6 is 34.8 Å². The zero-order chi connectivity index (χ0) is 18.6. The van der Waals surface area contributed by atoms with Gasteiger partial charge < -0.3 is 9.47 Å². The fraction of sp³-hybridized carbons (Fsp3) is 0.111. The second-order valence-corrected chi connectivity index (χ2v) is 6.06. The predicted molar refractivity (Wildman–Crippen MR) is 98.9 cm³/mol. The van der Waals surface area contributed by atoms with E-state index in [0.29, 0.717) is 17.1 Å². The second kappa shape index (κ2) is 8.26. The standard InChI is InChI=1S/C18H12Cl3NO3/c1-24-15-8-10(7-14(21)18(15)25-2)6-11(9-22)17(23)16-12(19)4-3-5-13(16)20/h3-8H,1-2H3/b11-6+. The number of methoxy groups -OCH3 is 2. The molecule has 0 bridgehead atoms. The van der Waals surface area contributed by atoms with Crippen LogP contribution in [-0.2, 0) is 0 Å². The van der Waals surface area contributed by atoms with Gasteiger partial charge in [-0.05, 0) is 35.9 Å². The van der Waals surface area contributed by atoms with Gasteiger partial charge >= 0.3 is 0 Å². The Balaban J connectivity index is 2.53. The molecule has 2 aromatic rings. The van der Waals surface area contributed by atoms with Crippen molar-refractivity contribution in [3.8, 4) is 17.6 Å². The summed E-state index contributed by atoms with van der Waals surface area (Å²) in [5, 5.41) is 10.0. The van der Waals surface area contributed by atoms with Gasteiger partial charge in [0.15, 0.2) is 11.5 Å². The van der Waals surface area contributed by atoms with Gasteiger partial charge in [-0.15, -0.1) is 0 Å². The van der Waals surface area contributed by atoms with E-state index in [1.54, 1.807) is 18.2 Å². The highest BCUT2D eigenvalue weighted by molar-refractivity contribution is 6.41. The van der Waals surface area contributed by atoms with Gasteiger partial charge in [0.1, 0.15) is 11.6 Å². The Bertz CT molecular complexity index is 881. The minimum absolute atomic E-state index is 0.0743. The number of hydrogen-bond acceptors (Lipinski definition) is 4. The fourth-order valence-corrected chi connectivity index (χ4v) is 3.05. The van der Waals surface area contributed by atoms with Crippen molar-refractivity contribution < 1.29 is 14.3 Å². The van der Waals surface area contributed by atoms with Crippen molar-refractivity contribution in [1.82, 2.24) is 0 Å². The summed E-state index contributed by atoms with van der Waals surface area (Å²) in [7, 11) is 2.92. The van der Waals surface area contributed by atoms with E-state index in [4.69, 9.17) is 44.3 Å². The molecule has 0 aliphatic carbocycles. The Morgan fingerprint density at radius 3 is 2.24 bits per heavy atom. The van der Waals surface area contributed by atoms with Gasteiger partial charge in [-0.1, -0.05) is 40.9 Å². The summed E-state index contributed by atoms with van der Waals surface area (Å²) in [5.41, 5.74) is 0.430. The monoisotopic (exact) mass is 395 g/mol. The average molecular weight is 397 g/mol.